The molecule has 0 saturated carbocycles. The van der Waals surface area contributed by atoms with Crippen LogP contribution in [0.4, 0.5) is 5.82 Å². The van der Waals surface area contributed by atoms with Crippen molar-refractivity contribution in [3.05, 3.63) is 77.5 Å². The number of halogens is 1. The van der Waals surface area contributed by atoms with Gasteiger partial charge in [-0.2, -0.15) is 5.10 Å². The Bertz CT molecular complexity index is 1280. The molecule has 1 aliphatic heterocycles. The van der Waals surface area contributed by atoms with Gasteiger partial charge in [0, 0.05) is 6.20 Å². The molecule has 2 atom stereocenters. The van der Waals surface area contributed by atoms with E-state index < -0.39 is 8.32 Å². The Morgan fingerprint density at radius 1 is 1.03 bits per heavy atom. The van der Waals surface area contributed by atoms with Crippen LogP contribution in [0.1, 0.15) is 39.7 Å². The molecule has 2 N–H and O–H groups in total. The van der Waals surface area contributed by atoms with Crippen molar-refractivity contribution in [3.63, 3.8) is 0 Å². The summed E-state index contributed by atoms with van der Waals surface area (Å²) in [7, 11) is -2.58. The van der Waals surface area contributed by atoms with Crippen LogP contribution in [-0.2, 0) is 9.16 Å². The van der Waals surface area contributed by atoms with Crippen molar-refractivity contribution in [2.24, 2.45) is 0 Å². The molecule has 1 saturated heterocycles. The largest absolute Gasteiger partial charge is 0.405 e. The molecule has 188 valence electrons. The molecule has 5 rings (SSSR count). The van der Waals surface area contributed by atoms with Gasteiger partial charge in [-0.05, 0) is 50.2 Å². The van der Waals surface area contributed by atoms with Crippen molar-refractivity contribution >= 4 is 51.3 Å². The van der Waals surface area contributed by atoms with E-state index in [9.17, 15) is 0 Å². The Morgan fingerprint density at radius 2 is 1.67 bits per heavy atom. The van der Waals surface area contributed by atoms with Crippen molar-refractivity contribution in [2.75, 3.05) is 18.9 Å². The fourth-order valence-electron chi connectivity index (χ4n) is 5.44. The van der Waals surface area contributed by atoms with E-state index in [0.29, 0.717) is 19.0 Å². The summed E-state index contributed by atoms with van der Waals surface area (Å²) in [5.74, 6) is 0.485. The van der Waals surface area contributed by atoms with E-state index in [2.05, 4.69) is 102 Å². The standard InChI is InChI=1S/C28H33BrN4O2Si/c1-28(2,3)36(22-10-6-4-7-11-22,23-12-8-5-9-13-23)35-19-21-15-14-20(18-34-21)33-24-16-17-31-27(30)25(24)26(29)32-33/h4-13,16-17,20-21H,14-15,18-19H2,1-3H3,(H2,30,31). The number of fused-ring (bicyclic) bond motifs is 1. The molecular formula is C28H33BrN4O2Si. The molecule has 1 fully saturated rings. The van der Waals surface area contributed by atoms with Gasteiger partial charge in [-0.1, -0.05) is 81.4 Å². The Morgan fingerprint density at radius 3 is 2.22 bits per heavy atom. The Labute approximate surface area is 222 Å². The second-order valence-corrected chi connectivity index (χ2v) is 15.5. The van der Waals surface area contributed by atoms with Gasteiger partial charge in [-0.15, -0.1) is 0 Å². The summed E-state index contributed by atoms with van der Waals surface area (Å²) < 4.78 is 16.2. The molecule has 0 amide bonds. The van der Waals surface area contributed by atoms with Crippen LogP contribution in [0.5, 0.6) is 0 Å². The van der Waals surface area contributed by atoms with Gasteiger partial charge >= 0.3 is 0 Å². The minimum Gasteiger partial charge on any atom is -0.405 e. The quantitative estimate of drug-likeness (QED) is 0.331. The lowest BCUT2D eigenvalue weighted by Crippen LogP contribution is -2.67. The fraction of sp³-hybridized carbons (Fsp3) is 0.357. The number of benzene rings is 2. The summed E-state index contributed by atoms with van der Waals surface area (Å²) in [5, 5.41) is 8.08. The van der Waals surface area contributed by atoms with Crippen molar-refractivity contribution in [1.82, 2.24) is 14.8 Å². The molecule has 1 aliphatic rings. The van der Waals surface area contributed by atoms with Gasteiger partial charge in [-0.25, -0.2) is 4.98 Å². The molecule has 6 nitrogen and oxygen atoms in total. The number of nitrogen functional groups attached to an aromatic ring is 1. The highest BCUT2D eigenvalue weighted by Gasteiger charge is 2.50. The van der Waals surface area contributed by atoms with Gasteiger partial charge in [0.2, 0.25) is 0 Å². The zero-order valence-corrected chi connectivity index (χ0v) is 23.6. The van der Waals surface area contributed by atoms with Gasteiger partial charge < -0.3 is 14.9 Å². The summed E-state index contributed by atoms with van der Waals surface area (Å²) in [6.07, 6.45) is 3.63. The number of anilines is 1. The third kappa shape index (κ3) is 4.51. The molecule has 2 aromatic heterocycles. The number of hydrogen-bond acceptors (Lipinski definition) is 5. The van der Waals surface area contributed by atoms with Gasteiger partial charge in [0.25, 0.3) is 8.32 Å². The first-order chi connectivity index (χ1) is 17.3. The van der Waals surface area contributed by atoms with Crippen molar-refractivity contribution in [2.45, 2.75) is 50.8 Å². The number of rotatable bonds is 6. The van der Waals surface area contributed by atoms with Crippen molar-refractivity contribution < 1.29 is 9.16 Å². The number of nitrogens with zero attached hydrogens (tertiary/aromatic N) is 3. The Kier molecular flexibility index (Phi) is 7.04. The SMILES string of the molecule is CC(C)(C)[Si](OCC1CCC(n2nc(Br)c3c(N)nccc32)CO1)(c1ccccc1)c1ccccc1. The maximum absolute atomic E-state index is 7.10. The Balaban J connectivity index is 1.36. The maximum atomic E-state index is 7.10. The highest BCUT2D eigenvalue weighted by atomic mass is 79.9. The first-order valence-electron chi connectivity index (χ1n) is 12.5. The highest BCUT2D eigenvalue weighted by Crippen LogP contribution is 2.38. The van der Waals surface area contributed by atoms with Gasteiger partial charge in [0.15, 0.2) is 0 Å². The average molecular weight is 566 g/mol. The molecule has 0 radical (unpaired) electrons. The maximum Gasteiger partial charge on any atom is 0.261 e. The number of ether oxygens (including phenoxy) is 1. The van der Waals surface area contributed by atoms with E-state index >= 15 is 0 Å². The van der Waals surface area contributed by atoms with Crippen LogP contribution >= 0.6 is 15.9 Å². The van der Waals surface area contributed by atoms with Crippen molar-refractivity contribution in [3.8, 4) is 0 Å². The van der Waals surface area contributed by atoms with Crippen LogP contribution < -0.4 is 16.1 Å². The monoisotopic (exact) mass is 564 g/mol. The van der Waals surface area contributed by atoms with E-state index in [1.54, 1.807) is 6.20 Å². The summed E-state index contributed by atoms with van der Waals surface area (Å²) >= 11 is 3.55. The van der Waals surface area contributed by atoms with E-state index in [-0.39, 0.29) is 17.2 Å². The molecule has 36 heavy (non-hydrogen) atoms. The smallest absolute Gasteiger partial charge is 0.261 e. The van der Waals surface area contributed by atoms with E-state index in [0.717, 1.165) is 28.3 Å². The number of nitrogens with two attached hydrogens (primary N) is 1. The summed E-state index contributed by atoms with van der Waals surface area (Å²) in [6, 6.07) is 23.6. The molecule has 8 heteroatoms. The predicted molar refractivity (Wildman–Crippen MR) is 151 cm³/mol. The van der Waals surface area contributed by atoms with Crippen LogP contribution in [0, 0.1) is 0 Å². The molecule has 0 spiro atoms. The lowest BCUT2D eigenvalue weighted by molar-refractivity contribution is -0.0369. The van der Waals surface area contributed by atoms with Gasteiger partial charge in [-0.3, -0.25) is 4.68 Å². The lowest BCUT2D eigenvalue weighted by atomic mass is 10.1. The van der Waals surface area contributed by atoms with E-state index in [4.69, 9.17) is 20.0 Å². The van der Waals surface area contributed by atoms with Gasteiger partial charge in [0.05, 0.1) is 36.3 Å². The summed E-state index contributed by atoms with van der Waals surface area (Å²) in [5.41, 5.74) is 7.07. The van der Waals surface area contributed by atoms with Crippen LogP contribution in [-0.4, -0.2) is 42.4 Å². The minimum absolute atomic E-state index is 0.0416. The highest BCUT2D eigenvalue weighted by molar-refractivity contribution is 9.10. The second kappa shape index (κ2) is 10.1. The summed E-state index contributed by atoms with van der Waals surface area (Å²) in [4.78, 5) is 4.21. The molecule has 3 heterocycles. The third-order valence-corrected chi connectivity index (χ3v) is 12.8. The van der Waals surface area contributed by atoms with Crippen LogP contribution in [0.3, 0.4) is 0 Å². The molecular weight excluding hydrogens is 532 g/mol. The fourth-order valence-corrected chi connectivity index (χ4v) is 10.6. The normalized spacial score (nSPS) is 19.0. The first kappa shape index (κ1) is 25.1. The van der Waals surface area contributed by atoms with Crippen LogP contribution in [0.2, 0.25) is 5.04 Å². The van der Waals surface area contributed by atoms with Crippen LogP contribution in [0.15, 0.2) is 77.5 Å². The second-order valence-electron chi connectivity index (χ2n) is 10.5. The Hall–Kier alpha value is -2.52. The van der Waals surface area contributed by atoms with Crippen molar-refractivity contribution in [1.29, 1.82) is 0 Å². The predicted octanol–water partition coefficient (Wildman–Crippen LogP) is 5.07. The molecule has 4 aromatic rings. The summed E-state index contributed by atoms with van der Waals surface area (Å²) in [6.45, 7) is 8.06. The minimum atomic E-state index is -2.58. The van der Waals surface area contributed by atoms with Gasteiger partial charge in [0.1, 0.15) is 10.4 Å². The topological polar surface area (TPSA) is 75.2 Å². The zero-order valence-electron chi connectivity index (χ0n) is 21.0. The first-order valence-corrected chi connectivity index (χ1v) is 15.2. The van der Waals surface area contributed by atoms with E-state index in [1.165, 1.54) is 10.4 Å². The third-order valence-electron chi connectivity index (χ3n) is 7.20. The van der Waals surface area contributed by atoms with E-state index in [1.807, 2.05) is 10.7 Å². The lowest BCUT2D eigenvalue weighted by Gasteiger charge is -2.44. The number of aromatic nitrogens is 3. The van der Waals surface area contributed by atoms with Crippen LogP contribution in [0.25, 0.3) is 10.9 Å². The number of hydrogen-bond donors (Lipinski definition) is 1. The molecule has 2 unspecified atom stereocenters. The molecule has 0 aliphatic carbocycles. The molecule has 0 bridgehead atoms. The average Bonchev–Trinajstić information content (AvgIpc) is 3.23. The zero-order chi connectivity index (χ0) is 25.3. The number of pyridine rings is 1. The molecule has 2 aromatic carbocycles.